The maximum atomic E-state index is 11.6. The topological polar surface area (TPSA) is 39.2 Å². The van der Waals surface area contributed by atoms with Crippen LogP contribution in [-0.2, 0) is 6.42 Å². The fraction of sp³-hybridized carbons (Fsp3) is 0.176. The summed E-state index contributed by atoms with van der Waals surface area (Å²) in [5, 5.41) is 0. The van der Waals surface area contributed by atoms with Gasteiger partial charge in [-0.05, 0) is 54.3 Å². The number of pyridine rings is 1. The third-order valence-corrected chi connectivity index (χ3v) is 3.33. The van der Waals surface area contributed by atoms with Gasteiger partial charge in [0.15, 0.2) is 5.78 Å². The fourth-order valence-electron chi connectivity index (χ4n) is 2.25. The van der Waals surface area contributed by atoms with Crippen LogP contribution in [-0.4, -0.2) is 17.4 Å². The van der Waals surface area contributed by atoms with Gasteiger partial charge in [-0.25, -0.2) is 0 Å². The van der Waals surface area contributed by atoms with Crippen molar-refractivity contribution < 1.29 is 9.53 Å². The molecule has 100 valence electrons. The van der Waals surface area contributed by atoms with E-state index in [2.05, 4.69) is 4.98 Å². The highest BCUT2D eigenvalue weighted by Crippen LogP contribution is 2.24. The van der Waals surface area contributed by atoms with Crippen LogP contribution >= 0.6 is 0 Å². The lowest BCUT2D eigenvalue weighted by atomic mass is 10.1. The largest absolute Gasteiger partial charge is 0.494 e. The average Bonchev–Trinajstić information content (AvgIpc) is 2.86. The molecule has 3 heteroatoms. The second-order valence-electron chi connectivity index (χ2n) is 4.75. The lowest BCUT2D eigenvalue weighted by Crippen LogP contribution is -2.01. The van der Waals surface area contributed by atoms with E-state index in [1.54, 1.807) is 18.5 Å². The van der Waals surface area contributed by atoms with Crippen molar-refractivity contribution >= 4 is 11.9 Å². The molecule has 0 amide bonds. The Bertz CT molecular complexity index is 647. The quantitative estimate of drug-likeness (QED) is 0.779. The number of aryl methyl sites for hydroxylation is 1. The second kappa shape index (κ2) is 5.70. The van der Waals surface area contributed by atoms with Gasteiger partial charge in [-0.1, -0.05) is 12.1 Å². The zero-order valence-corrected chi connectivity index (χ0v) is 11.1. The molecule has 0 saturated carbocycles. The molecule has 0 atom stereocenters. The highest BCUT2D eigenvalue weighted by Gasteiger charge is 2.14. The number of carbonyl (C=O) groups excluding carboxylic acids is 1. The first-order valence-corrected chi connectivity index (χ1v) is 6.71. The van der Waals surface area contributed by atoms with E-state index < -0.39 is 0 Å². The first-order chi connectivity index (χ1) is 9.83. The second-order valence-corrected chi connectivity index (χ2v) is 4.75. The molecular formula is C17H15NO2. The van der Waals surface area contributed by atoms with E-state index >= 15 is 0 Å². The lowest BCUT2D eigenvalue weighted by Gasteiger charge is -2.07. The van der Waals surface area contributed by atoms with Crippen LogP contribution in [0, 0.1) is 0 Å². The molecule has 0 fully saturated rings. The number of rotatable bonds is 5. The van der Waals surface area contributed by atoms with E-state index in [1.165, 1.54) is 5.56 Å². The molecule has 1 aliphatic rings. The van der Waals surface area contributed by atoms with Crippen molar-refractivity contribution in [3.05, 3.63) is 65.5 Å². The summed E-state index contributed by atoms with van der Waals surface area (Å²) >= 11 is 0. The predicted octanol–water partition coefficient (Wildman–Crippen LogP) is 3.30. The number of hydrogen-bond donors (Lipinski definition) is 0. The normalized spacial score (nSPS) is 12.5. The Morgan fingerprint density at radius 1 is 1.05 bits per heavy atom. The number of ketones is 1. The van der Waals surface area contributed by atoms with Crippen molar-refractivity contribution in [3.8, 4) is 5.75 Å². The summed E-state index contributed by atoms with van der Waals surface area (Å²) in [6.45, 7) is 0.642. The minimum Gasteiger partial charge on any atom is -0.494 e. The Balaban J connectivity index is 1.52. The number of carbonyl (C=O) groups is 1. The van der Waals surface area contributed by atoms with Gasteiger partial charge >= 0.3 is 0 Å². The zero-order valence-electron chi connectivity index (χ0n) is 11.1. The van der Waals surface area contributed by atoms with Crippen LogP contribution in [0.2, 0.25) is 0 Å². The van der Waals surface area contributed by atoms with Crippen molar-refractivity contribution in [3.63, 3.8) is 0 Å². The first-order valence-electron chi connectivity index (χ1n) is 6.71. The van der Waals surface area contributed by atoms with Crippen LogP contribution in [0.4, 0.5) is 0 Å². The SMILES string of the molecule is O=C1C=Cc2ccc(OCCCc3ccncc3)cc21. The van der Waals surface area contributed by atoms with Crippen molar-refractivity contribution in [1.29, 1.82) is 0 Å². The Hall–Kier alpha value is -2.42. The van der Waals surface area contributed by atoms with Gasteiger partial charge in [0.25, 0.3) is 0 Å². The molecule has 0 N–H and O–H groups in total. The molecule has 1 aromatic carbocycles. The third kappa shape index (κ3) is 2.77. The van der Waals surface area contributed by atoms with Gasteiger partial charge in [0.05, 0.1) is 6.61 Å². The molecule has 1 heterocycles. The Morgan fingerprint density at radius 2 is 1.90 bits per heavy atom. The van der Waals surface area contributed by atoms with Crippen LogP contribution in [0.3, 0.4) is 0 Å². The highest BCUT2D eigenvalue weighted by atomic mass is 16.5. The van der Waals surface area contributed by atoms with Crippen molar-refractivity contribution in [1.82, 2.24) is 4.98 Å². The molecule has 0 aliphatic heterocycles. The third-order valence-electron chi connectivity index (χ3n) is 3.33. The summed E-state index contributed by atoms with van der Waals surface area (Å²) in [6.07, 6.45) is 8.94. The van der Waals surface area contributed by atoms with Crippen LogP contribution in [0.15, 0.2) is 48.8 Å². The van der Waals surface area contributed by atoms with E-state index in [0.717, 1.165) is 29.7 Å². The molecule has 0 unspecified atom stereocenters. The molecular weight excluding hydrogens is 250 g/mol. The van der Waals surface area contributed by atoms with E-state index in [-0.39, 0.29) is 5.78 Å². The molecule has 0 spiro atoms. The summed E-state index contributed by atoms with van der Waals surface area (Å²) in [7, 11) is 0. The number of benzene rings is 1. The minimum atomic E-state index is 0.0576. The van der Waals surface area contributed by atoms with Crippen molar-refractivity contribution in [2.75, 3.05) is 6.61 Å². The van der Waals surface area contributed by atoms with Gasteiger partial charge in [-0.2, -0.15) is 0 Å². The monoisotopic (exact) mass is 265 g/mol. The molecule has 1 aliphatic carbocycles. The lowest BCUT2D eigenvalue weighted by molar-refractivity contribution is 0.104. The van der Waals surface area contributed by atoms with Crippen LogP contribution in [0.5, 0.6) is 5.75 Å². The number of nitrogens with zero attached hydrogens (tertiary/aromatic N) is 1. The summed E-state index contributed by atoms with van der Waals surface area (Å²) in [5.74, 6) is 0.817. The van der Waals surface area contributed by atoms with Gasteiger partial charge in [-0.3, -0.25) is 9.78 Å². The first kappa shape index (κ1) is 12.6. The number of ether oxygens (including phenoxy) is 1. The van der Waals surface area contributed by atoms with Crippen molar-refractivity contribution in [2.24, 2.45) is 0 Å². The molecule has 1 aromatic heterocycles. The van der Waals surface area contributed by atoms with Crippen LogP contribution in [0.25, 0.3) is 6.08 Å². The number of aromatic nitrogens is 1. The van der Waals surface area contributed by atoms with Gasteiger partial charge in [0.2, 0.25) is 0 Å². The van der Waals surface area contributed by atoms with E-state index in [1.807, 2.05) is 36.4 Å². The van der Waals surface area contributed by atoms with Gasteiger partial charge in [0.1, 0.15) is 5.75 Å². The zero-order chi connectivity index (χ0) is 13.8. The number of hydrogen-bond acceptors (Lipinski definition) is 3. The molecule has 0 saturated heterocycles. The standard InChI is InChI=1S/C17H15NO2/c19-17-6-4-14-3-5-15(12-16(14)17)20-11-1-2-13-7-9-18-10-8-13/h3-10,12H,1-2,11H2. The Labute approximate surface area is 117 Å². The van der Waals surface area contributed by atoms with Gasteiger partial charge in [0, 0.05) is 18.0 Å². The number of allylic oxidation sites excluding steroid dienone is 1. The van der Waals surface area contributed by atoms with Crippen LogP contribution in [0.1, 0.15) is 27.9 Å². The van der Waals surface area contributed by atoms with E-state index in [4.69, 9.17) is 4.74 Å². The summed E-state index contributed by atoms with van der Waals surface area (Å²) in [6, 6.07) is 9.69. The van der Waals surface area contributed by atoms with Gasteiger partial charge in [-0.15, -0.1) is 0 Å². The number of fused-ring (bicyclic) bond motifs is 1. The summed E-state index contributed by atoms with van der Waals surface area (Å²) in [5.41, 5.74) is 2.97. The predicted molar refractivity (Wildman–Crippen MR) is 77.9 cm³/mol. The van der Waals surface area contributed by atoms with E-state index in [0.29, 0.717) is 6.61 Å². The van der Waals surface area contributed by atoms with E-state index in [9.17, 15) is 4.79 Å². The van der Waals surface area contributed by atoms with Gasteiger partial charge < -0.3 is 4.74 Å². The molecule has 0 bridgehead atoms. The van der Waals surface area contributed by atoms with Crippen LogP contribution < -0.4 is 4.74 Å². The molecule has 20 heavy (non-hydrogen) atoms. The Kier molecular flexibility index (Phi) is 3.59. The maximum absolute atomic E-state index is 11.6. The smallest absolute Gasteiger partial charge is 0.186 e. The molecule has 3 rings (SSSR count). The molecule has 0 radical (unpaired) electrons. The summed E-state index contributed by atoms with van der Waals surface area (Å²) in [4.78, 5) is 15.6. The highest BCUT2D eigenvalue weighted by molar-refractivity contribution is 6.13. The average molecular weight is 265 g/mol. The van der Waals surface area contributed by atoms with Crippen molar-refractivity contribution in [2.45, 2.75) is 12.8 Å². The fourth-order valence-corrected chi connectivity index (χ4v) is 2.25. The molecule has 2 aromatic rings. The molecule has 3 nitrogen and oxygen atoms in total. The minimum absolute atomic E-state index is 0.0576. The Morgan fingerprint density at radius 3 is 2.75 bits per heavy atom. The summed E-state index contributed by atoms with van der Waals surface area (Å²) < 4.78 is 5.71. The maximum Gasteiger partial charge on any atom is 0.186 e.